The summed E-state index contributed by atoms with van der Waals surface area (Å²) < 4.78 is 15.6. The van der Waals surface area contributed by atoms with Crippen LogP contribution in [0.3, 0.4) is 0 Å². The first-order valence-corrected chi connectivity index (χ1v) is 8.17. The van der Waals surface area contributed by atoms with Crippen LogP contribution in [-0.2, 0) is 27.4 Å². The first-order valence-electron chi connectivity index (χ1n) is 8.17. The van der Waals surface area contributed by atoms with E-state index in [9.17, 15) is 0 Å². The molecule has 23 heavy (non-hydrogen) atoms. The maximum atomic E-state index is 5.61. The molecule has 3 nitrogen and oxygen atoms in total. The van der Waals surface area contributed by atoms with Gasteiger partial charge in [-0.3, -0.25) is 0 Å². The molecule has 0 heterocycles. The molecule has 0 atom stereocenters. The average molecular weight is 316 g/mol. The third-order valence-corrected chi connectivity index (χ3v) is 3.00. The summed E-state index contributed by atoms with van der Waals surface area (Å²) in [4.78, 5) is 0. The molecule has 0 aromatic heterocycles. The second kappa shape index (κ2) is 13.9. The predicted octanol–water partition coefficient (Wildman–Crippen LogP) is 4.46. The van der Waals surface area contributed by atoms with Gasteiger partial charge in [-0.1, -0.05) is 60.7 Å². The largest absolute Gasteiger partial charge is 0.379 e. The second-order valence-corrected chi connectivity index (χ2v) is 4.86. The highest BCUT2D eigenvalue weighted by molar-refractivity contribution is 5.15. The van der Waals surface area contributed by atoms with Crippen molar-refractivity contribution >= 4 is 0 Å². The van der Waals surface area contributed by atoms with E-state index in [1.165, 1.54) is 11.1 Å². The number of hydrogen-bond donors (Lipinski definition) is 0. The van der Waals surface area contributed by atoms with E-state index in [4.69, 9.17) is 14.2 Å². The van der Waals surface area contributed by atoms with Crippen molar-refractivity contribution in [2.75, 3.05) is 26.4 Å². The first kappa shape index (κ1) is 19.4. The van der Waals surface area contributed by atoms with Crippen LogP contribution in [-0.4, -0.2) is 26.4 Å². The molecular formula is C20H28O3. The fourth-order valence-corrected chi connectivity index (χ4v) is 1.84. The first-order chi connectivity index (χ1) is 11.4. The molecule has 0 spiro atoms. The number of benzene rings is 2. The van der Waals surface area contributed by atoms with Gasteiger partial charge in [-0.15, -0.1) is 0 Å². The summed E-state index contributed by atoms with van der Waals surface area (Å²) in [7, 11) is 0. The summed E-state index contributed by atoms with van der Waals surface area (Å²) >= 11 is 0. The van der Waals surface area contributed by atoms with Crippen molar-refractivity contribution in [1.29, 1.82) is 0 Å². The molecule has 0 aliphatic rings. The van der Waals surface area contributed by atoms with E-state index in [2.05, 4.69) is 24.3 Å². The third kappa shape index (κ3) is 10.6. The van der Waals surface area contributed by atoms with Crippen LogP contribution < -0.4 is 0 Å². The zero-order chi connectivity index (χ0) is 16.6. The van der Waals surface area contributed by atoms with Gasteiger partial charge in [-0.25, -0.2) is 0 Å². The molecule has 3 heteroatoms. The molecule has 0 saturated heterocycles. The maximum Gasteiger partial charge on any atom is 0.0721 e. The Bertz CT molecular complexity index is 425. The standard InChI is InChI=1S/C14H14O.C6H14O2/c1-3-7-13(8-4-1)11-15-12-14-9-5-2-6-10-14;1-3-7-5-6-8-4-2/h1-10H,11-12H2;3-6H2,1-2H3. The van der Waals surface area contributed by atoms with Crippen molar-refractivity contribution in [1.82, 2.24) is 0 Å². The summed E-state index contributed by atoms with van der Waals surface area (Å²) in [6, 6.07) is 20.4. The Kier molecular flexibility index (Phi) is 11.7. The van der Waals surface area contributed by atoms with Gasteiger partial charge < -0.3 is 14.2 Å². The molecule has 0 aliphatic heterocycles. The van der Waals surface area contributed by atoms with E-state index in [0.29, 0.717) is 13.2 Å². The number of rotatable bonds is 9. The van der Waals surface area contributed by atoms with Crippen molar-refractivity contribution in [2.45, 2.75) is 27.1 Å². The quantitative estimate of drug-likeness (QED) is 0.639. The highest BCUT2D eigenvalue weighted by Gasteiger charge is 1.93. The summed E-state index contributed by atoms with van der Waals surface area (Å²) in [6.07, 6.45) is 0. The Hall–Kier alpha value is -1.68. The molecule has 2 rings (SSSR count). The zero-order valence-corrected chi connectivity index (χ0v) is 14.2. The second-order valence-electron chi connectivity index (χ2n) is 4.86. The van der Waals surface area contributed by atoms with E-state index in [-0.39, 0.29) is 0 Å². The normalized spacial score (nSPS) is 10.0. The molecule has 2 aromatic rings. The van der Waals surface area contributed by atoms with Gasteiger partial charge in [0, 0.05) is 13.2 Å². The van der Waals surface area contributed by atoms with E-state index in [0.717, 1.165) is 26.4 Å². The lowest BCUT2D eigenvalue weighted by Crippen LogP contribution is -2.02. The van der Waals surface area contributed by atoms with Gasteiger partial charge in [0.05, 0.1) is 26.4 Å². The van der Waals surface area contributed by atoms with Crippen molar-refractivity contribution in [3.05, 3.63) is 71.8 Å². The van der Waals surface area contributed by atoms with Crippen molar-refractivity contribution in [3.8, 4) is 0 Å². The Labute approximate surface area is 140 Å². The lowest BCUT2D eigenvalue weighted by Gasteiger charge is -2.03. The van der Waals surface area contributed by atoms with Crippen LogP contribution in [0.2, 0.25) is 0 Å². The van der Waals surface area contributed by atoms with Gasteiger partial charge in [0.25, 0.3) is 0 Å². The van der Waals surface area contributed by atoms with Crippen LogP contribution in [0.1, 0.15) is 25.0 Å². The minimum Gasteiger partial charge on any atom is -0.379 e. The maximum absolute atomic E-state index is 5.61. The third-order valence-electron chi connectivity index (χ3n) is 3.00. The topological polar surface area (TPSA) is 27.7 Å². The molecule has 126 valence electrons. The van der Waals surface area contributed by atoms with Crippen LogP contribution in [0.5, 0.6) is 0 Å². The fourth-order valence-electron chi connectivity index (χ4n) is 1.84. The van der Waals surface area contributed by atoms with Gasteiger partial charge >= 0.3 is 0 Å². The van der Waals surface area contributed by atoms with E-state index in [1.54, 1.807) is 0 Å². The van der Waals surface area contributed by atoms with Gasteiger partial charge in [0.2, 0.25) is 0 Å². The summed E-state index contributed by atoms with van der Waals surface area (Å²) in [6.45, 7) is 8.33. The molecule has 0 bridgehead atoms. The van der Waals surface area contributed by atoms with Crippen LogP contribution in [0.15, 0.2) is 60.7 Å². The van der Waals surface area contributed by atoms with E-state index < -0.39 is 0 Å². The minimum absolute atomic E-state index is 0.676. The van der Waals surface area contributed by atoms with Crippen LogP contribution >= 0.6 is 0 Å². The molecule has 2 aromatic carbocycles. The summed E-state index contributed by atoms with van der Waals surface area (Å²) in [5.74, 6) is 0. The lowest BCUT2D eigenvalue weighted by atomic mass is 10.2. The monoisotopic (exact) mass is 316 g/mol. The molecule has 0 aliphatic carbocycles. The van der Waals surface area contributed by atoms with Crippen LogP contribution in [0.4, 0.5) is 0 Å². The van der Waals surface area contributed by atoms with E-state index >= 15 is 0 Å². The van der Waals surface area contributed by atoms with Gasteiger partial charge in [0.15, 0.2) is 0 Å². The van der Waals surface area contributed by atoms with Crippen molar-refractivity contribution < 1.29 is 14.2 Å². The Morgan fingerprint density at radius 3 is 1.30 bits per heavy atom. The Morgan fingerprint density at radius 1 is 0.565 bits per heavy atom. The summed E-state index contributed by atoms with van der Waals surface area (Å²) in [5.41, 5.74) is 2.43. The highest BCUT2D eigenvalue weighted by Crippen LogP contribution is 2.05. The van der Waals surface area contributed by atoms with Gasteiger partial charge in [0.1, 0.15) is 0 Å². The molecule has 0 radical (unpaired) electrons. The zero-order valence-electron chi connectivity index (χ0n) is 14.2. The summed E-state index contributed by atoms with van der Waals surface area (Å²) in [5, 5.41) is 0. The Balaban J connectivity index is 0.000000284. The molecule has 0 N–H and O–H groups in total. The molecule has 0 saturated carbocycles. The smallest absolute Gasteiger partial charge is 0.0721 e. The van der Waals surface area contributed by atoms with Gasteiger partial charge in [-0.2, -0.15) is 0 Å². The van der Waals surface area contributed by atoms with Crippen LogP contribution in [0.25, 0.3) is 0 Å². The molecular weight excluding hydrogens is 288 g/mol. The molecule has 0 unspecified atom stereocenters. The van der Waals surface area contributed by atoms with Crippen molar-refractivity contribution in [3.63, 3.8) is 0 Å². The Morgan fingerprint density at radius 2 is 0.957 bits per heavy atom. The molecule has 0 amide bonds. The predicted molar refractivity (Wildman–Crippen MR) is 94.4 cm³/mol. The SMILES string of the molecule is CCOCCOCC.c1ccc(COCc2ccccc2)cc1. The lowest BCUT2D eigenvalue weighted by molar-refractivity contribution is 0.0584. The van der Waals surface area contributed by atoms with Crippen LogP contribution in [0, 0.1) is 0 Å². The average Bonchev–Trinajstić information content (AvgIpc) is 2.61. The minimum atomic E-state index is 0.676. The number of ether oxygens (including phenoxy) is 3. The van der Waals surface area contributed by atoms with E-state index in [1.807, 2.05) is 50.2 Å². The fraction of sp³-hybridized carbons (Fsp3) is 0.400. The van der Waals surface area contributed by atoms with Gasteiger partial charge in [-0.05, 0) is 25.0 Å². The highest BCUT2D eigenvalue weighted by atomic mass is 16.5. The van der Waals surface area contributed by atoms with Crippen molar-refractivity contribution in [2.24, 2.45) is 0 Å². The molecule has 0 fully saturated rings. The number of hydrogen-bond acceptors (Lipinski definition) is 3.